The summed E-state index contributed by atoms with van der Waals surface area (Å²) in [5.41, 5.74) is 3.94. The van der Waals surface area contributed by atoms with E-state index in [0.29, 0.717) is 30.4 Å². The number of phenolic OH excluding ortho intramolecular Hbond substituents is 5. The van der Waals surface area contributed by atoms with Crippen molar-refractivity contribution in [2.45, 2.75) is 43.5 Å². The molecule has 7 rings (SSSR count). The van der Waals surface area contributed by atoms with Crippen molar-refractivity contribution in [3.63, 3.8) is 0 Å². The minimum Gasteiger partial charge on any atom is -0.508 e. The number of methoxy groups -OCH3 is 1. The number of hydrogen-bond donors (Lipinski definition) is 5. The predicted octanol–water partition coefficient (Wildman–Crippen LogP) is 8.12. The Labute approximate surface area is 295 Å². The van der Waals surface area contributed by atoms with E-state index in [-0.39, 0.29) is 57.8 Å². The van der Waals surface area contributed by atoms with E-state index in [1.54, 1.807) is 66.7 Å². The second kappa shape index (κ2) is 14.1. The van der Waals surface area contributed by atoms with Crippen LogP contribution in [0.2, 0.25) is 0 Å². The van der Waals surface area contributed by atoms with Crippen molar-refractivity contribution in [1.29, 1.82) is 0 Å². The molecular weight excluding hydrogens is 648 g/mol. The van der Waals surface area contributed by atoms with E-state index < -0.39 is 23.9 Å². The van der Waals surface area contributed by atoms with Crippen LogP contribution in [0, 0.1) is 5.92 Å². The standard InChI is InChI=1S/C42H38O9/c1-49-36-23-35(48)37-33-22-32(20-6-24-2-12-28(43)13-3-24)50-40(26-8-16-30(45)17-9-26)38(33)41(27-10-18-31(46)19-11-27)51-42(37)39(36)34(47)21-7-25-4-14-29(44)15-5-25/h2-5,7-19,21,23,32-33,38,40-41,43-46,48H,6,20,22H2,1H3/b21-7+/t32-,33-,38?,40+,41-/m0/s1. The van der Waals surface area contributed by atoms with Gasteiger partial charge in [-0.3, -0.25) is 4.79 Å². The third-order valence-corrected chi connectivity index (χ3v) is 9.82. The Balaban J connectivity index is 1.36. The molecule has 1 unspecified atom stereocenters. The Morgan fingerprint density at radius 3 is 1.90 bits per heavy atom. The average molecular weight is 687 g/mol. The van der Waals surface area contributed by atoms with Gasteiger partial charge in [-0.15, -0.1) is 0 Å². The second-order valence-electron chi connectivity index (χ2n) is 13.0. The number of ether oxygens (including phenoxy) is 3. The lowest BCUT2D eigenvalue weighted by Gasteiger charge is -2.49. The Morgan fingerprint density at radius 2 is 1.31 bits per heavy atom. The van der Waals surface area contributed by atoms with Crippen molar-refractivity contribution in [2.75, 3.05) is 7.11 Å². The first-order valence-electron chi connectivity index (χ1n) is 16.8. The van der Waals surface area contributed by atoms with Crippen LogP contribution in [0.5, 0.6) is 40.2 Å². The summed E-state index contributed by atoms with van der Waals surface area (Å²) in [7, 11) is 1.43. The topological polar surface area (TPSA) is 146 Å². The first-order chi connectivity index (χ1) is 24.7. The number of fused-ring (bicyclic) bond motifs is 3. The van der Waals surface area contributed by atoms with Crippen LogP contribution in [0.15, 0.2) is 109 Å². The summed E-state index contributed by atoms with van der Waals surface area (Å²) in [6, 6.07) is 28.6. The zero-order chi connectivity index (χ0) is 35.6. The van der Waals surface area contributed by atoms with E-state index in [2.05, 4.69) is 0 Å². The molecule has 5 N–H and O–H groups in total. The fourth-order valence-corrected chi connectivity index (χ4v) is 7.34. The number of benzene rings is 5. The molecule has 0 aliphatic carbocycles. The number of ketones is 1. The molecule has 5 atom stereocenters. The van der Waals surface area contributed by atoms with Crippen LogP contribution in [0.1, 0.15) is 69.1 Å². The number of aryl methyl sites for hydroxylation is 1. The van der Waals surface area contributed by atoms with Gasteiger partial charge in [0.2, 0.25) is 0 Å². The highest BCUT2D eigenvalue weighted by atomic mass is 16.5. The zero-order valence-electron chi connectivity index (χ0n) is 27.8. The van der Waals surface area contributed by atoms with Crippen molar-refractivity contribution in [1.82, 2.24) is 0 Å². The second-order valence-corrected chi connectivity index (χ2v) is 13.0. The molecule has 0 amide bonds. The molecule has 51 heavy (non-hydrogen) atoms. The number of carbonyl (C=O) groups excluding carboxylic acids is 1. The molecule has 1 saturated heterocycles. The first kappa shape index (κ1) is 33.6. The molecule has 260 valence electrons. The first-order valence-corrected chi connectivity index (χ1v) is 16.8. The van der Waals surface area contributed by atoms with E-state index in [0.717, 1.165) is 16.7 Å². The van der Waals surface area contributed by atoms with Gasteiger partial charge < -0.3 is 39.7 Å². The van der Waals surface area contributed by atoms with Crippen molar-refractivity contribution in [3.05, 3.63) is 143 Å². The normalized spacial score (nSPS) is 21.0. The third-order valence-electron chi connectivity index (χ3n) is 9.82. The van der Waals surface area contributed by atoms with Crippen LogP contribution in [-0.2, 0) is 11.2 Å². The third kappa shape index (κ3) is 6.93. The van der Waals surface area contributed by atoms with Gasteiger partial charge in [0, 0.05) is 23.5 Å². The monoisotopic (exact) mass is 686 g/mol. The fourth-order valence-electron chi connectivity index (χ4n) is 7.34. The smallest absolute Gasteiger partial charge is 0.193 e. The van der Waals surface area contributed by atoms with Crippen molar-refractivity contribution < 1.29 is 44.5 Å². The molecular formula is C42H38O9. The van der Waals surface area contributed by atoms with Crippen LogP contribution in [0.4, 0.5) is 0 Å². The highest BCUT2D eigenvalue weighted by Crippen LogP contribution is 2.60. The summed E-state index contributed by atoms with van der Waals surface area (Å²) < 4.78 is 19.4. The highest BCUT2D eigenvalue weighted by Gasteiger charge is 2.51. The molecule has 2 heterocycles. The number of allylic oxidation sites excluding steroid dienone is 1. The maximum atomic E-state index is 14.1. The SMILES string of the molecule is COc1cc(O)c2c(c1C(=O)/C=C/c1ccc(O)cc1)O[C@@H](c1ccc(O)cc1)C1[C@@H](c3ccc(O)cc3)O[C@@H](CCc3ccc(O)cc3)C[C@@H]21. The molecule has 0 aromatic heterocycles. The molecule has 5 aromatic carbocycles. The molecule has 9 nitrogen and oxygen atoms in total. The van der Waals surface area contributed by atoms with E-state index in [9.17, 15) is 30.3 Å². The maximum absolute atomic E-state index is 14.1. The summed E-state index contributed by atoms with van der Waals surface area (Å²) in [5, 5.41) is 51.5. The lowest BCUT2D eigenvalue weighted by Crippen LogP contribution is -2.42. The molecule has 1 fully saturated rings. The van der Waals surface area contributed by atoms with Crippen LogP contribution in [0.3, 0.4) is 0 Å². The molecule has 2 aliphatic heterocycles. The Hall–Kier alpha value is -5.93. The Morgan fingerprint density at radius 1 is 0.765 bits per heavy atom. The molecule has 0 bridgehead atoms. The lowest BCUT2D eigenvalue weighted by atomic mass is 9.68. The summed E-state index contributed by atoms with van der Waals surface area (Å²) >= 11 is 0. The highest BCUT2D eigenvalue weighted by molar-refractivity contribution is 6.11. The van der Waals surface area contributed by atoms with Gasteiger partial charge in [-0.05, 0) is 96.1 Å². The number of carbonyl (C=O) groups is 1. The van der Waals surface area contributed by atoms with E-state index >= 15 is 0 Å². The lowest BCUT2D eigenvalue weighted by molar-refractivity contribution is -0.134. The minimum atomic E-state index is -0.681. The van der Waals surface area contributed by atoms with Crippen LogP contribution < -0.4 is 9.47 Å². The van der Waals surface area contributed by atoms with E-state index in [1.165, 1.54) is 31.4 Å². The molecule has 0 spiro atoms. The van der Waals surface area contributed by atoms with E-state index in [4.69, 9.17) is 14.2 Å². The van der Waals surface area contributed by atoms with Gasteiger partial charge in [-0.25, -0.2) is 0 Å². The zero-order valence-corrected chi connectivity index (χ0v) is 27.8. The van der Waals surface area contributed by atoms with Gasteiger partial charge in [-0.2, -0.15) is 0 Å². The van der Waals surface area contributed by atoms with Gasteiger partial charge in [0.1, 0.15) is 51.9 Å². The molecule has 5 aromatic rings. The number of phenols is 5. The van der Waals surface area contributed by atoms with Crippen molar-refractivity contribution in [2.24, 2.45) is 5.92 Å². The van der Waals surface area contributed by atoms with Crippen LogP contribution in [0.25, 0.3) is 6.08 Å². The molecule has 2 aliphatic rings. The van der Waals surface area contributed by atoms with Gasteiger partial charge in [0.15, 0.2) is 5.78 Å². The summed E-state index contributed by atoms with van der Waals surface area (Å²) in [4.78, 5) is 14.1. The quantitative estimate of drug-likeness (QED) is 0.0767. The summed E-state index contributed by atoms with van der Waals surface area (Å²) in [6.45, 7) is 0. The molecule has 0 saturated carbocycles. The van der Waals surface area contributed by atoms with Crippen LogP contribution in [-0.4, -0.2) is 44.5 Å². The van der Waals surface area contributed by atoms with Gasteiger partial charge >= 0.3 is 0 Å². The number of aromatic hydroxyl groups is 5. The largest absolute Gasteiger partial charge is 0.508 e. The minimum absolute atomic E-state index is 0.0660. The van der Waals surface area contributed by atoms with Gasteiger partial charge in [0.25, 0.3) is 0 Å². The van der Waals surface area contributed by atoms with Crippen molar-refractivity contribution in [3.8, 4) is 40.2 Å². The van der Waals surface area contributed by atoms with Crippen molar-refractivity contribution >= 4 is 11.9 Å². The summed E-state index contributed by atoms with van der Waals surface area (Å²) in [6.07, 6.45) is 3.36. The predicted molar refractivity (Wildman–Crippen MR) is 191 cm³/mol. The molecule has 0 radical (unpaired) electrons. The summed E-state index contributed by atoms with van der Waals surface area (Å²) in [5.74, 6) is -0.344. The average Bonchev–Trinajstić information content (AvgIpc) is 3.14. The van der Waals surface area contributed by atoms with Gasteiger partial charge in [0.05, 0.1) is 19.3 Å². The Kier molecular flexibility index (Phi) is 9.30. The Bertz CT molecular complexity index is 2040. The number of rotatable bonds is 9. The number of hydrogen-bond acceptors (Lipinski definition) is 9. The van der Waals surface area contributed by atoms with Crippen LogP contribution >= 0.6 is 0 Å². The fraction of sp³-hybridized carbons (Fsp3) is 0.214. The van der Waals surface area contributed by atoms with Gasteiger partial charge in [-0.1, -0.05) is 54.6 Å². The maximum Gasteiger partial charge on any atom is 0.193 e. The van der Waals surface area contributed by atoms with E-state index in [1.807, 2.05) is 24.3 Å². The molecule has 9 heteroatoms.